The fraction of sp³-hybridized carbons (Fsp3) is 0.833. The van der Waals surface area contributed by atoms with Gasteiger partial charge in [-0.3, -0.25) is 14.6 Å². The molecule has 4 rings (SSSR count). The van der Waals surface area contributed by atoms with Crippen molar-refractivity contribution in [3.05, 3.63) is 11.7 Å². The van der Waals surface area contributed by atoms with Crippen molar-refractivity contribution in [2.24, 2.45) is 5.92 Å². The van der Waals surface area contributed by atoms with E-state index in [0.29, 0.717) is 24.4 Å². The summed E-state index contributed by atoms with van der Waals surface area (Å²) in [5.74, 6) is 3.00. The molecule has 7 nitrogen and oxygen atoms in total. The Kier molecular flexibility index (Phi) is 5.03. The number of aromatic nitrogens is 2. The summed E-state index contributed by atoms with van der Waals surface area (Å²) >= 11 is 0. The Morgan fingerprint density at radius 1 is 1.20 bits per heavy atom. The lowest BCUT2D eigenvalue weighted by Gasteiger charge is -2.21. The van der Waals surface area contributed by atoms with Gasteiger partial charge in [0, 0.05) is 25.0 Å². The highest BCUT2D eigenvalue weighted by Gasteiger charge is 2.30. The first-order chi connectivity index (χ1) is 12.2. The molecular formula is C18H29N5O2. The Labute approximate surface area is 149 Å². The molecule has 3 fully saturated rings. The van der Waals surface area contributed by atoms with Crippen molar-refractivity contribution >= 4 is 5.91 Å². The van der Waals surface area contributed by atoms with E-state index in [4.69, 9.17) is 4.52 Å². The second kappa shape index (κ2) is 7.41. The Bertz CT molecular complexity index is 596. The first-order valence-corrected chi connectivity index (χ1v) is 9.74. The minimum Gasteiger partial charge on any atom is -0.352 e. The maximum Gasteiger partial charge on any atom is 0.234 e. The van der Waals surface area contributed by atoms with Gasteiger partial charge in [-0.2, -0.15) is 4.98 Å². The van der Waals surface area contributed by atoms with Gasteiger partial charge in [0.05, 0.1) is 13.1 Å². The second-order valence-corrected chi connectivity index (χ2v) is 7.92. The highest BCUT2D eigenvalue weighted by Crippen LogP contribution is 2.38. The monoisotopic (exact) mass is 347 g/mol. The molecule has 0 radical (unpaired) electrons. The van der Waals surface area contributed by atoms with Crippen molar-refractivity contribution in [1.82, 2.24) is 25.3 Å². The summed E-state index contributed by atoms with van der Waals surface area (Å²) in [5.41, 5.74) is 0. The van der Waals surface area contributed by atoms with Crippen LogP contribution in [0.2, 0.25) is 0 Å². The van der Waals surface area contributed by atoms with Crippen molar-refractivity contribution < 1.29 is 9.32 Å². The Hall–Kier alpha value is -1.47. The quantitative estimate of drug-likeness (QED) is 0.803. The van der Waals surface area contributed by atoms with Crippen LogP contribution in [0.3, 0.4) is 0 Å². The zero-order valence-corrected chi connectivity index (χ0v) is 15.1. The summed E-state index contributed by atoms with van der Waals surface area (Å²) in [6.45, 7) is 7.23. The van der Waals surface area contributed by atoms with Crippen LogP contribution in [0.15, 0.2) is 4.52 Å². The normalized spacial score (nSPS) is 24.0. The van der Waals surface area contributed by atoms with Crippen molar-refractivity contribution in [3.8, 4) is 0 Å². The molecule has 0 aromatic carbocycles. The lowest BCUT2D eigenvalue weighted by Crippen LogP contribution is -2.43. The van der Waals surface area contributed by atoms with Crippen LogP contribution in [0.25, 0.3) is 0 Å². The largest absolute Gasteiger partial charge is 0.352 e. The summed E-state index contributed by atoms with van der Waals surface area (Å²) in [4.78, 5) is 21.4. The molecule has 2 saturated carbocycles. The molecule has 0 bridgehead atoms. The number of hydrogen-bond donors (Lipinski definition) is 1. The zero-order valence-electron chi connectivity index (χ0n) is 15.1. The van der Waals surface area contributed by atoms with Gasteiger partial charge in [-0.25, -0.2) is 0 Å². The molecule has 0 spiro atoms. The second-order valence-electron chi connectivity index (χ2n) is 7.92. The van der Waals surface area contributed by atoms with Gasteiger partial charge in [-0.1, -0.05) is 5.16 Å². The Morgan fingerprint density at radius 3 is 2.72 bits per heavy atom. The zero-order chi connectivity index (χ0) is 17.2. The molecule has 25 heavy (non-hydrogen) atoms. The van der Waals surface area contributed by atoms with Crippen LogP contribution in [-0.2, 0) is 11.3 Å². The third kappa shape index (κ3) is 4.79. The van der Waals surface area contributed by atoms with Crippen LogP contribution >= 0.6 is 0 Å². The Morgan fingerprint density at radius 2 is 1.96 bits per heavy atom. The van der Waals surface area contributed by atoms with E-state index >= 15 is 0 Å². The molecule has 1 saturated heterocycles. The van der Waals surface area contributed by atoms with Crippen molar-refractivity contribution in [2.45, 2.75) is 57.5 Å². The van der Waals surface area contributed by atoms with E-state index in [0.717, 1.165) is 50.9 Å². The fourth-order valence-electron chi connectivity index (χ4n) is 3.59. The van der Waals surface area contributed by atoms with Crippen LogP contribution in [0.1, 0.15) is 56.7 Å². The third-order valence-corrected chi connectivity index (χ3v) is 5.54. The van der Waals surface area contributed by atoms with E-state index in [1.807, 2.05) is 0 Å². The van der Waals surface area contributed by atoms with Gasteiger partial charge in [-0.05, 0) is 58.0 Å². The van der Waals surface area contributed by atoms with E-state index in [9.17, 15) is 4.79 Å². The number of rotatable bonds is 7. The highest BCUT2D eigenvalue weighted by molar-refractivity contribution is 5.78. The van der Waals surface area contributed by atoms with Crippen LogP contribution in [0.4, 0.5) is 0 Å². The maximum absolute atomic E-state index is 12.2. The van der Waals surface area contributed by atoms with Gasteiger partial charge in [-0.15, -0.1) is 0 Å². The van der Waals surface area contributed by atoms with Gasteiger partial charge in [0.2, 0.25) is 11.8 Å². The summed E-state index contributed by atoms with van der Waals surface area (Å²) in [6.07, 6.45) is 5.96. The third-order valence-electron chi connectivity index (χ3n) is 5.54. The Balaban J connectivity index is 1.21. The first-order valence-electron chi connectivity index (χ1n) is 9.74. The molecule has 1 N–H and O–H groups in total. The highest BCUT2D eigenvalue weighted by atomic mass is 16.5. The van der Waals surface area contributed by atoms with Crippen LogP contribution < -0.4 is 5.32 Å². The number of carbonyl (C=O) groups excluding carboxylic acids is 1. The molecule has 7 heteroatoms. The molecule has 2 heterocycles. The van der Waals surface area contributed by atoms with Crippen LogP contribution in [0, 0.1) is 5.92 Å². The molecule has 138 valence electrons. The van der Waals surface area contributed by atoms with Crippen LogP contribution in [-0.4, -0.2) is 64.6 Å². The lowest BCUT2D eigenvalue weighted by molar-refractivity contribution is -0.123. The molecule has 1 aliphatic heterocycles. The summed E-state index contributed by atoms with van der Waals surface area (Å²) < 4.78 is 5.35. The van der Waals surface area contributed by atoms with Gasteiger partial charge in [0.1, 0.15) is 0 Å². The molecule has 1 aromatic rings. The predicted molar refractivity (Wildman–Crippen MR) is 92.9 cm³/mol. The van der Waals surface area contributed by atoms with E-state index in [-0.39, 0.29) is 5.91 Å². The van der Waals surface area contributed by atoms with E-state index in [1.165, 1.54) is 25.7 Å². The summed E-state index contributed by atoms with van der Waals surface area (Å²) in [7, 11) is 0. The number of nitrogens with one attached hydrogen (secondary N) is 1. The topological polar surface area (TPSA) is 74.5 Å². The summed E-state index contributed by atoms with van der Waals surface area (Å²) in [6, 6.07) is 0.329. The SMILES string of the molecule is C[C@H](NC(=O)CN1CCCN(Cc2noc(C3CC3)n2)CC1)C1CC1. The van der Waals surface area contributed by atoms with Gasteiger partial charge in [0.15, 0.2) is 5.82 Å². The van der Waals surface area contributed by atoms with Gasteiger partial charge >= 0.3 is 0 Å². The fourth-order valence-corrected chi connectivity index (χ4v) is 3.59. The average molecular weight is 347 g/mol. The molecule has 2 aliphatic carbocycles. The van der Waals surface area contributed by atoms with Gasteiger partial charge < -0.3 is 9.84 Å². The lowest BCUT2D eigenvalue weighted by atomic mass is 10.2. The van der Waals surface area contributed by atoms with Gasteiger partial charge in [0.25, 0.3) is 0 Å². The number of amides is 1. The number of nitrogens with zero attached hydrogens (tertiary/aromatic N) is 4. The predicted octanol–water partition coefficient (Wildman–Crippen LogP) is 1.37. The van der Waals surface area contributed by atoms with Crippen molar-refractivity contribution in [1.29, 1.82) is 0 Å². The molecule has 1 aromatic heterocycles. The van der Waals surface area contributed by atoms with Crippen molar-refractivity contribution in [3.63, 3.8) is 0 Å². The number of hydrogen-bond acceptors (Lipinski definition) is 6. The molecule has 1 atom stereocenters. The van der Waals surface area contributed by atoms with E-state index in [2.05, 4.69) is 32.2 Å². The average Bonchev–Trinajstić information content (AvgIpc) is 3.47. The molecule has 1 amide bonds. The van der Waals surface area contributed by atoms with E-state index in [1.54, 1.807) is 0 Å². The first kappa shape index (κ1) is 17.0. The summed E-state index contributed by atoms with van der Waals surface area (Å²) in [5, 5.41) is 7.27. The van der Waals surface area contributed by atoms with Crippen molar-refractivity contribution in [2.75, 3.05) is 32.7 Å². The molecule has 0 unspecified atom stereocenters. The molecular weight excluding hydrogens is 318 g/mol. The maximum atomic E-state index is 12.2. The minimum absolute atomic E-state index is 0.167. The standard InChI is InChI=1S/C18H29N5O2/c1-13(14-3-4-14)19-17(24)12-23-8-2-7-22(9-10-23)11-16-20-18(25-21-16)15-5-6-15/h13-15H,2-12H2,1H3,(H,19,24)/t13-/m0/s1. The number of carbonyl (C=O) groups is 1. The molecule has 3 aliphatic rings. The van der Waals surface area contributed by atoms with Crippen LogP contribution in [0.5, 0.6) is 0 Å². The van der Waals surface area contributed by atoms with E-state index < -0.39 is 0 Å². The smallest absolute Gasteiger partial charge is 0.234 e. The minimum atomic E-state index is 0.167.